The molecule has 0 saturated carbocycles. The number of hydrogen-bond donors (Lipinski definition) is 2. The van der Waals surface area contributed by atoms with Crippen LogP contribution < -0.4 is 11.5 Å². The molecule has 0 aliphatic rings. The van der Waals surface area contributed by atoms with Gasteiger partial charge in [-0.3, -0.25) is 10.1 Å². The van der Waals surface area contributed by atoms with Crippen molar-refractivity contribution in [3.63, 3.8) is 0 Å². The van der Waals surface area contributed by atoms with Gasteiger partial charge in [0.1, 0.15) is 16.2 Å². The van der Waals surface area contributed by atoms with Crippen LogP contribution in [0.5, 0.6) is 0 Å². The number of aromatic nitrogens is 2. The summed E-state index contributed by atoms with van der Waals surface area (Å²) in [5.74, 6) is -0.00148. The molecule has 0 aliphatic carbocycles. The van der Waals surface area contributed by atoms with E-state index in [0.29, 0.717) is 0 Å². The molecule has 0 aromatic carbocycles. The summed E-state index contributed by atoms with van der Waals surface area (Å²) in [6.07, 6.45) is 0.968. The summed E-state index contributed by atoms with van der Waals surface area (Å²) < 4.78 is 0. The second kappa shape index (κ2) is 4.19. The normalized spacial score (nSPS) is 9.60. The van der Waals surface area contributed by atoms with Gasteiger partial charge in [-0.2, -0.15) is 0 Å². The van der Waals surface area contributed by atoms with Gasteiger partial charge in [0.05, 0.1) is 4.92 Å². The third-order valence-electron chi connectivity index (χ3n) is 1.42. The summed E-state index contributed by atoms with van der Waals surface area (Å²) in [5, 5.41) is 10.6. The van der Waals surface area contributed by atoms with Gasteiger partial charge in [0.15, 0.2) is 11.5 Å². The molecule has 0 fully saturated rings. The maximum absolute atomic E-state index is 10.6. The van der Waals surface area contributed by atoms with E-state index in [1.807, 2.05) is 0 Å². The lowest BCUT2D eigenvalue weighted by atomic mass is 10.3. The number of nitro groups is 1. The zero-order chi connectivity index (χ0) is 11.6. The second-order valence-corrected chi connectivity index (χ2v) is 3.29. The van der Waals surface area contributed by atoms with Gasteiger partial charge in [0.2, 0.25) is 0 Å². The van der Waals surface area contributed by atoms with Crippen LogP contribution in [-0.2, 0) is 0 Å². The highest BCUT2D eigenvalue weighted by atomic mass is 32.1. The van der Waals surface area contributed by atoms with Crippen molar-refractivity contribution in [1.29, 1.82) is 0 Å². The Morgan fingerprint density at radius 1 is 1.40 bits per heavy atom. The van der Waals surface area contributed by atoms with E-state index in [1.165, 1.54) is 0 Å². The second-order valence-electron chi connectivity index (χ2n) is 2.41. The Morgan fingerprint density at radius 3 is 2.40 bits per heavy atom. The van der Waals surface area contributed by atoms with Crippen molar-refractivity contribution >= 4 is 40.1 Å². The van der Waals surface area contributed by atoms with E-state index in [4.69, 9.17) is 11.5 Å². The number of nitrogens with two attached hydrogens (primary N) is 2. The largest absolute Gasteiger partial charge is 0.388 e. The first kappa shape index (κ1) is 11.3. The lowest BCUT2D eigenvalue weighted by Gasteiger charge is -2.01. The summed E-state index contributed by atoms with van der Waals surface area (Å²) in [5.41, 5.74) is 10.0. The fourth-order valence-corrected chi connectivity index (χ4v) is 1.06. The molecule has 1 aromatic heterocycles. The van der Waals surface area contributed by atoms with Crippen molar-refractivity contribution in [3.8, 4) is 0 Å². The van der Waals surface area contributed by atoms with Crippen molar-refractivity contribution in [3.05, 3.63) is 27.8 Å². The summed E-state index contributed by atoms with van der Waals surface area (Å²) in [4.78, 5) is 16.9. The van der Waals surface area contributed by atoms with Gasteiger partial charge >= 0.3 is 5.69 Å². The van der Waals surface area contributed by atoms with Gasteiger partial charge < -0.3 is 11.5 Å². The predicted octanol–water partition coefficient (Wildman–Crippen LogP) is -0.347. The third-order valence-corrected chi connectivity index (χ3v) is 1.80. The minimum Gasteiger partial charge on any atom is -0.388 e. The number of nitrogens with zero attached hydrogens (tertiary/aromatic N) is 3. The lowest BCUT2D eigenvalue weighted by molar-refractivity contribution is -0.385. The molecule has 0 saturated heterocycles. The van der Waals surface area contributed by atoms with Crippen LogP contribution in [0.2, 0.25) is 0 Å². The van der Waals surface area contributed by atoms with Crippen LogP contribution in [0, 0.1) is 10.1 Å². The van der Waals surface area contributed by atoms with Crippen LogP contribution in [0.15, 0.2) is 6.20 Å². The van der Waals surface area contributed by atoms with Gasteiger partial charge in [0.25, 0.3) is 0 Å². The smallest absolute Gasteiger partial charge is 0.316 e. The molecule has 0 radical (unpaired) electrons. The van der Waals surface area contributed by atoms with E-state index in [2.05, 4.69) is 34.4 Å². The molecular weight excluding hydrogens is 238 g/mol. The highest BCUT2D eigenvalue weighted by Gasteiger charge is 2.19. The van der Waals surface area contributed by atoms with Gasteiger partial charge in [0, 0.05) is 0 Å². The molecule has 78 valence electrons. The third kappa shape index (κ3) is 2.39. The standard InChI is InChI=1S/C6H5N5O2S2/c7-4(14)3-2(11(12)13)1-9-6(10-3)5(8)15/h1H,(H2,7,14)(H2,8,15). The van der Waals surface area contributed by atoms with Crippen molar-refractivity contribution < 1.29 is 4.92 Å². The fraction of sp³-hybridized carbons (Fsp3) is 0. The molecule has 0 spiro atoms. The molecule has 9 heteroatoms. The lowest BCUT2D eigenvalue weighted by Crippen LogP contribution is -2.20. The average molecular weight is 243 g/mol. The van der Waals surface area contributed by atoms with E-state index in [0.717, 1.165) is 6.20 Å². The van der Waals surface area contributed by atoms with Gasteiger partial charge in [-0.05, 0) is 0 Å². The molecule has 1 heterocycles. The Morgan fingerprint density at radius 2 is 2.00 bits per heavy atom. The van der Waals surface area contributed by atoms with Crippen LogP contribution in [0.25, 0.3) is 0 Å². The van der Waals surface area contributed by atoms with Crippen molar-refractivity contribution in [2.45, 2.75) is 0 Å². The quantitative estimate of drug-likeness (QED) is 0.420. The molecule has 4 N–H and O–H groups in total. The number of rotatable bonds is 3. The van der Waals surface area contributed by atoms with E-state index in [1.54, 1.807) is 0 Å². The first-order chi connectivity index (χ1) is 6.93. The number of thiocarbonyl (C=S) groups is 2. The average Bonchev–Trinajstić information content (AvgIpc) is 2.16. The summed E-state index contributed by atoms with van der Waals surface area (Å²) in [6.45, 7) is 0. The Bertz CT molecular complexity index is 461. The van der Waals surface area contributed by atoms with Gasteiger partial charge in [-0.25, -0.2) is 9.97 Å². The summed E-state index contributed by atoms with van der Waals surface area (Å²) >= 11 is 9.23. The molecule has 0 aliphatic heterocycles. The Labute approximate surface area is 94.7 Å². The zero-order valence-electron chi connectivity index (χ0n) is 7.21. The number of hydrogen-bond acceptors (Lipinski definition) is 6. The van der Waals surface area contributed by atoms with Crippen LogP contribution in [0.3, 0.4) is 0 Å². The Kier molecular flexibility index (Phi) is 3.17. The maximum atomic E-state index is 10.6. The van der Waals surface area contributed by atoms with E-state index in [9.17, 15) is 10.1 Å². The topological polar surface area (TPSA) is 121 Å². The van der Waals surface area contributed by atoms with Crippen LogP contribution in [0.1, 0.15) is 11.5 Å². The van der Waals surface area contributed by atoms with Crippen molar-refractivity contribution in [2.24, 2.45) is 11.5 Å². The summed E-state index contributed by atoms with van der Waals surface area (Å²) in [7, 11) is 0. The van der Waals surface area contributed by atoms with Crippen molar-refractivity contribution in [2.75, 3.05) is 0 Å². The highest BCUT2D eigenvalue weighted by Crippen LogP contribution is 2.14. The molecule has 1 rings (SSSR count). The molecule has 0 unspecified atom stereocenters. The highest BCUT2D eigenvalue weighted by molar-refractivity contribution is 7.81. The zero-order valence-corrected chi connectivity index (χ0v) is 8.84. The van der Waals surface area contributed by atoms with Crippen LogP contribution in [-0.4, -0.2) is 24.9 Å². The van der Waals surface area contributed by atoms with E-state index >= 15 is 0 Å². The molecule has 7 nitrogen and oxygen atoms in total. The van der Waals surface area contributed by atoms with Crippen LogP contribution >= 0.6 is 24.4 Å². The predicted molar refractivity (Wildman–Crippen MR) is 60.5 cm³/mol. The Balaban J connectivity index is 3.40. The molecule has 0 atom stereocenters. The van der Waals surface area contributed by atoms with Gasteiger partial charge in [-0.15, -0.1) is 0 Å². The maximum Gasteiger partial charge on any atom is 0.316 e. The molecule has 0 bridgehead atoms. The van der Waals surface area contributed by atoms with E-state index < -0.39 is 4.92 Å². The molecule has 15 heavy (non-hydrogen) atoms. The van der Waals surface area contributed by atoms with Gasteiger partial charge in [-0.1, -0.05) is 24.4 Å². The van der Waals surface area contributed by atoms with Crippen LogP contribution in [0.4, 0.5) is 5.69 Å². The molecule has 1 aromatic rings. The first-order valence-corrected chi connectivity index (χ1v) is 4.36. The summed E-state index contributed by atoms with van der Waals surface area (Å²) in [6, 6.07) is 0. The minimum absolute atomic E-state index is 0.00148. The SMILES string of the molecule is NC(=S)c1ncc([N+](=O)[O-])c(C(N)=S)n1. The van der Waals surface area contributed by atoms with E-state index in [-0.39, 0.29) is 27.2 Å². The van der Waals surface area contributed by atoms with Crippen molar-refractivity contribution in [1.82, 2.24) is 9.97 Å². The monoisotopic (exact) mass is 243 g/mol. The molecular formula is C6H5N5O2S2. The first-order valence-electron chi connectivity index (χ1n) is 3.54. The minimum atomic E-state index is -0.683. The Hall–Kier alpha value is -1.74. The fourth-order valence-electron chi connectivity index (χ4n) is 0.809. The molecule has 0 amide bonds.